The summed E-state index contributed by atoms with van der Waals surface area (Å²) in [6.07, 6.45) is 0. The van der Waals surface area contributed by atoms with Crippen LogP contribution in [0.15, 0.2) is 28.8 Å². The van der Waals surface area contributed by atoms with Crippen LogP contribution >= 0.6 is 23.2 Å². The Bertz CT molecular complexity index is 874. The maximum Gasteiger partial charge on any atom is 0.336 e. The van der Waals surface area contributed by atoms with Gasteiger partial charge in [0.1, 0.15) is 0 Å². The summed E-state index contributed by atoms with van der Waals surface area (Å²) in [6, 6.07) is 6.34. The Morgan fingerprint density at radius 1 is 1.29 bits per heavy atom. The number of aryl methyl sites for hydroxylation is 1. The highest BCUT2D eigenvalue weighted by molar-refractivity contribution is 6.36. The van der Waals surface area contributed by atoms with Crippen molar-refractivity contribution >= 4 is 40.3 Å². The van der Waals surface area contributed by atoms with Crippen LogP contribution in [-0.4, -0.2) is 21.2 Å². The highest BCUT2D eigenvalue weighted by Gasteiger charge is 2.19. The number of rotatable bonds is 2. The smallest absolute Gasteiger partial charge is 0.336 e. The van der Waals surface area contributed by atoms with E-state index in [4.69, 9.17) is 27.7 Å². The Morgan fingerprint density at radius 2 is 2.05 bits per heavy atom. The number of fused-ring (bicyclic) bond motifs is 1. The maximum atomic E-state index is 11.4. The molecular formula is C14H8Cl2N2O3. The second-order valence-corrected chi connectivity index (χ2v) is 5.28. The van der Waals surface area contributed by atoms with Gasteiger partial charge in [-0.15, -0.1) is 0 Å². The second-order valence-electron chi connectivity index (χ2n) is 4.43. The van der Waals surface area contributed by atoms with Crippen molar-refractivity contribution in [2.45, 2.75) is 6.92 Å². The van der Waals surface area contributed by atoms with Gasteiger partial charge in [-0.3, -0.25) is 0 Å². The fraction of sp³-hybridized carbons (Fsp3) is 0.0714. The van der Waals surface area contributed by atoms with E-state index in [1.807, 2.05) is 0 Å². The molecule has 0 radical (unpaired) electrons. The molecule has 0 bridgehead atoms. The first-order valence-corrected chi connectivity index (χ1v) is 6.68. The minimum Gasteiger partial charge on any atom is -0.478 e. The van der Waals surface area contributed by atoms with Gasteiger partial charge in [-0.05, 0) is 31.2 Å². The number of carbonyl (C=O) groups is 1. The highest BCUT2D eigenvalue weighted by Crippen LogP contribution is 2.32. The van der Waals surface area contributed by atoms with Gasteiger partial charge in [0.05, 0.1) is 27.4 Å². The summed E-state index contributed by atoms with van der Waals surface area (Å²) in [4.78, 5) is 15.7. The second kappa shape index (κ2) is 5.02. The van der Waals surface area contributed by atoms with Crippen molar-refractivity contribution in [2.24, 2.45) is 0 Å². The predicted octanol–water partition coefficient (Wildman–Crippen LogP) is 4.20. The molecule has 0 aliphatic rings. The average Bonchev–Trinajstić information content (AvgIpc) is 2.79. The zero-order chi connectivity index (χ0) is 15.1. The summed E-state index contributed by atoms with van der Waals surface area (Å²) in [6.45, 7) is 1.66. The third-order valence-corrected chi connectivity index (χ3v) is 3.60. The fourth-order valence-electron chi connectivity index (χ4n) is 2.10. The van der Waals surface area contributed by atoms with Gasteiger partial charge in [-0.1, -0.05) is 28.4 Å². The van der Waals surface area contributed by atoms with E-state index >= 15 is 0 Å². The first-order valence-electron chi connectivity index (χ1n) is 5.93. The molecule has 0 aliphatic carbocycles. The number of aromatic carboxylic acids is 1. The summed E-state index contributed by atoms with van der Waals surface area (Å²) in [5.74, 6) is -1.08. The Kier molecular flexibility index (Phi) is 3.31. The van der Waals surface area contributed by atoms with E-state index in [0.29, 0.717) is 32.4 Å². The third kappa shape index (κ3) is 2.34. The Hall–Kier alpha value is -2.11. The molecule has 3 rings (SSSR count). The molecule has 0 unspecified atom stereocenters. The molecule has 2 aromatic heterocycles. The van der Waals surface area contributed by atoms with Gasteiger partial charge in [0.2, 0.25) is 0 Å². The largest absolute Gasteiger partial charge is 0.478 e. The van der Waals surface area contributed by atoms with Gasteiger partial charge >= 0.3 is 5.97 Å². The standard InChI is InChI=1S/C14H8Cl2N2O3/c1-6-12-9(14(19)20)5-11(17-13(12)21-18-6)8-3-2-7(15)4-10(8)16/h2-5H,1H3,(H,19,20). The molecule has 0 spiro atoms. The molecule has 0 saturated heterocycles. The molecule has 21 heavy (non-hydrogen) atoms. The number of nitrogens with zero attached hydrogens (tertiary/aromatic N) is 2. The minimum atomic E-state index is -1.08. The van der Waals surface area contributed by atoms with Crippen LogP contribution in [0, 0.1) is 6.92 Å². The Balaban J connectivity index is 2.31. The molecule has 2 heterocycles. The lowest BCUT2D eigenvalue weighted by molar-refractivity contribution is 0.0699. The summed E-state index contributed by atoms with van der Waals surface area (Å²) in [5.41, 5.74) is 1.66. The SMILES string of the molecule is Cc1noc2nc(-c3ccc(Cl)cc3Cl)cc(C(=O)O)c12. The number of carboxylic acid groups (broad SMARTS) is 1. The topological polar surface area (TPSA) is 76.2 Å². The van der Waals surface area contributed by atoms with Crippen LogP contribution in [-0.2, 0) is 0 Å². The molecule has 1 N–H and O–H groups in total. The van der Waals surface area contributed by atoms with Crippen molar-refractivity contribution in [1.82, 2.24) is 10.1 Å². The maximum absolute atomic E-state index is 11.4. The van der Waals surface area contributed by atoms with Gasteiger partial charge in [0, 0.05) is 10.6 Å². The normalized spacial score (nSPS) is 11.0. The lowest BCUT2D eigenvalue weighted by Crippen LogP contribution is -2.00. The van der Waals surface area contributed by atoms with Crippen molar-refractivity contribution in [1.29, 1.82) is 0 Å². The molecule has 1 aromatic carbocycles. The van der Waals surface area contributed by atoms with Crippen molar-refractivity contribution in [3.05, 3.63) is 45.6 Å². The molecular weight excluding hydrogens is 315 g/mol. The first kappa shape index (κ1) is 13.9. The number of benzene rings is 1. The summed E-state index contributed by atoms with van der Waals surface area (Å²) in [5, 5.41) is 14.4. The van der Waals surface area contributed by atoms with Gasteiger partial charge in [0.25, 0.3) is 5.71 Å². The van der Waals surface area contributed by atoms with Crippen LogP contribution in [0.5, 0.6) is 0 Å². The fourth-order valence-corrected chi connectivity index (χ4v) is 2.60. The molecule has 7 heteroatoms. The van der Waals surface area contributed by atoms with E-state index in [1.165, 1.54) is 6.07 Å². The number of hydrogen-bond acceptors (Lipinski definition) is 4. The molecule has 0 atom stereocenters. The van der Waals surface area contributed by atoms with Crippen LogP contribution in [0.1, 0.15) is 16.1 Å². The van der Waals surface area contributed by atoms with Crippen LogP contribution < -0.4 is 0 Å². The first-order chi connectivity index (χ1) is 9.97. The summed E-state index contributed by atoms with van der Waals surface area (Å²) in [7, 11) is 0. The zero-order valence-corrected chi connectivity index (χ0v) is 12.2. The number of carboxylic acids is 1. The van der Waals surface area contributed by atoms with Gasteiger partial charge < -0.3 is 9.63 Å². The third-order valence-electron chi connectivity index (χ3n) is 3.05. The lowest BCUT2D eigenvalue weighted by atomic mass is 10.1. The van der Waals surface area contributed by atoms with Crippen molar-refractivity contribution in [3.8, 4) is 11.3 Å². The Labute approximate surface area is 129 Å². The molecule has 0 amide bonds. The zero-order valence-electron chi connectivity index (χ0n) is 10.7. The molecule has 0 saturated carbocycles. The molecule has 3 aromatic rings. The highest BCUT2D eigenvalue weighted by atomic mass is 35.5. The molecule has 106 valence electrons. The van der Waals surface area contributed by atoms with Crippen molar-refractivity contribution in [3.63, 3.8) is 0 Å². The van der Waals surface area contributed by atoms with Crippen LogP contribution in [0.2, 0.25) is 10.0 Å². The number of hydrogen-bond donors (Lipinski definition) is 1. The van der Waals surface area contributed by atoms with Gasteiger partial charge in [-0.25, -0.2) is 9.78 Å². The van der Waals surface area contributed by atoms with Crippen molar-refractivity contribution in [2.75, 3.05) is 0 Å². The minimum absolute atomic E-state index is 0.0692. The molecule has 0 aliphatic heterocycles. The van der Waals surface area contributed by atoms with Gasteiger partial charge in [0.15, 0.2) is 0 Å². The summed E-state index contributed by atoms with van der Waals surface area (Å²) < 4.78 is 5.07. The number of pyridine rings is 1. The summed E-state index contributed by atoms with van der Waals surface area (Å²) >= 11 is 12.0. The molecule has 0 fully saturated rings. The van der Waals surface area contributed by atoms with Crippen LogP contribution in [0.3, 0.4) is 0 Å². The van der Waals surface area contributed by atoms with Crippen LogP contribution in [0.25, 0.3) is 22.4 Å². The Morgan fingerprint density at radius 3 is 2.71 bits per heavy atom. The van der Waals surface area contributed by atoms with E-state index in [1.54, 1.807) is 25.1 Å². The van der Waals surface area contributed by atoms with E-state index < -0.39 is 5.97 Å². The van der Waals surface area contributed by atoms with E-state index in [9.17, 15) is 9.90 Å². The average molecular weight is 323 g/mol. The van der Waals surface area contributed by atoms with E-state index in [2.05, 4.69) is 10.1 Å². The molecule has 5 nitrogen and oxygen atoms in total. The van der Waals surface area contributed by atoms with E-state index in [0.717, 1.165) is 0 Å². The van der Waals surface area contributed by atoms with E-state index in [-0.39, 0.29) is 11.3 Å². The monoisotopic (exact) mass is 322 g/mol. The predicted molar refractivity (Wildman–Crippen MR) is 79.0 cm³/mol. The number of aromatic nitrogens is 2. The number of halogens is 2. The quantitative estimate of drug-likeness (QED) is 0.765. The van der Waals surface area contributed by atoms with Gasteiger partial charge in [-0.2, -0.15) is 0 Å². The van der Waals surface area contributed by atoms with Crippen molar-refractivity contribution < 1.29 is 14.4 Å². The van der Waals surface area contributed by atoms with Crippen LogP contribution in [0.4, 0.5) is 0 Å². The lowest BCUT2D eigenvalue weighted by Gasteiger charge is -2.06.